The Morgan fingerprint density at radius 2 is 2.33 bits per heavy atom. The third-order valence-corrected chi connectivity index (χ3v) is 3.11. The summed E-state index contributed by atoms with van der Waals surface area (Å²) in [6.07, 6.45) is 7.77. The van der Waals surface area contributed by atoms with Crippen LogP contribution in [0.25, 0.3) is 0 Å². The predicted octanol–water partition coefficient (Wildman–Crippen LogP) is 1.03. The van der Waals surface area contributed by atoms with Crippen LogP contribution in [0, 0.1) is 11.8 Å². The van der Waals surface area contributed by atoms with Crippen molar-refractivity contribution in [2.24, 2.45) is 17.6 Å². The van der Waals surface area contributed by atoms with Crippen LogP contribution in [-0.4, -0.2) is 22.3 Å². The highest BCUT2D eigenvalue weighted by atomic mass is 16.1. The summed E-state index contributed by atoms with van der Waals surface area (Å²) in [6.45, 7) is 0.594. The van der Waals surface area contributed by atoms with Crippen molar-refractivity contribution < 1.29 is 4.79 Å². The maximum absolute atomic E-state index is 12.1. The SMILES string of the molecule is NCC1CCCC1C(=O)c1cnccn1. The summed E-state index contributed by atoms with van der Waals surface area (Å²) in [5.41, 5.74) is 6.13. The van der Waals surface area contributed by atoms with Crippen LogP contribution < -0.4 is 5.73 Å². The van der Waals surface area contributed by atoms with E-state index in [1.165, 1.54) is 6.20 Å². The highest BCUT2D eigenvalue weighted by molar-refractivity contribution is 5.96. The fourth-order valence-electron chi connectivity index (χ4n) is 2.28. The van der Waals surface area contributed by atoms with E-state index < -0.39 is 0 Å². The second-order valence-electron chi connectivity index (χ2n) is 3.99. The normalized spacial score (nSPS) is 25.4. The van der Waals surface area contributed by atoms with E-state index in [0.29, 0.717) is 18.2 Å². The van der Waals surface area contributed by atoms with E-state index in [2.05, 4.69) is 9.97 Å². The number of Topliss-reactive ketones (excluding diaryl/α,β-unsaturated/α-hetero) is 1. The number of rotatable bonds is 3. The molecule has 1 aliphatic rings. The molecule has 1 aromatic heterocycles. The summed E-state index contributed by atoms with van der Waals surface area (Å²) in [7, 11) is 0. The zero-order chi connectivity index (χ0) is 10.7. The maximum atomic E-state index is 12.1. The van der Waals surface area contributed by atoms with Crippen LogP contribution in [0.3, 0.4) is 0 Å². The molecule has 0 saturated heterocycles. The summed E-state index contributed by atoms with van der Waals surface area (Å²) in [5.74, 6) is 0.502. The van der Waals surface area contributed by atoms with E-state index >= 15 is 0 Å². The Kier molecular flexibility index (Phi) is 3.06. The molecule has 1 fully saturated rings. The molecule has 1 saturated carbocycles. The number of hydrogen-bond donors (Lipinski definition) is 1. The van der Waals surface area contributed by atoms with E-state index in [4.69, 9.17) is 5.73 Å². The number of nitrogens with zero attached hydrogens (tertiary/aromatic N) is 2. The second-order valence-corrected chi connectivity index (χ2v) is 3.99. The van der Waals surface area contributed by atoms with Crippen molar-refractivity contribution in [1.29, 1.82) is 0 Å². The third kappa shape index (κ3) is 2.04. The molecule has 0 aromatic carbocycles. The molecule has 15 heavy (non-hydrogen) atoms. The van der Waals surface area contributed by atoms with Crippen LogP contribution in [0.1, 0.15) is 29.8 Å². The molecule has 2 unspecified atom stereocenters. The maximum Gasteiger partial charge on any atom is 0.186 e. The molecular formula is C11H15N3O. The minimum Gasteiger partial charge on any atom is -0.330 e. The lowest BCUT2D eigenvalue weighted by Crippen LogP contribution is -2.25. The summed E-state index contributed by atoms with van der Waals surface area (Å²) in [4.78, 5) is 20.0. The van der Waals surface area contributed by atoms with Crippen molar-refractivity contribution in [3.8, 4) is 0 Å². The van der Waals surface area contributed by atoms with E-state index in [1.807, 2.05) is 0 Å². The van der Waals surface area contributed by atoms with Crippen LogP contribution >= 0.6 is 0 Å². The summed E-state index contributed by atoms with van der Waals surface area (Å²) in [6, 6.07) is 0. The van der Waals surface area contributed by atoms with E-state index in [-0.39, 0.29) is 11.7 Å². The van der Waals surface area contributed by atoms with Crippen LogP contribution in [0.4, 0.5) is 0 Å². The number of aromatic nitrogens is 2. The minimum absolute atomic E-state index is 0.0618. The van der Waals surface area contributed by atoms with E-state index in [9.17, 15) is 4.79 Å². The third-order valence-electron chi connectivity index (χ3n) is 3.11. The van der Waals surface area contributed by atoms with Gasteiger partial charge in [-0.1, -0.05) is 6.42 Å². The van der Waals surface area contributed by atoms with Gasteiger partial charge in [0, 0.05) is 18.3 Å². The first-order chi connectivity index (χ1) is 7.33. The van der Waals surface area contributed by atoms with Gasteiger partial charge in [-0.3, -0.25) is 9.78 Å². The molecule has 2 atom stereocenters. The molecule has 0 aliphatic heterocycles. The summed E-state index contributed by atoms with van der Waals surface area (Å²) >= 11 is 0. The molecule has 2 N–H and O–H groups in total. The first-order valence-electron chi connectivity index (χ1n) is 5.33. The van der Waals surface area contributed by atoms with Crippen LogP contribution in [0.2, 0.25) is 0 Å². The van der Waals surface area contributed by atoms with Gasteiger partial charge in [-0.2, -0.15) is 0 Å². The number of nitrogens with two attached hydrogens (primary N) is 1. The van der Waals surface area contributed by atoms with Crippen molar-refractivity contribution in [3.05, 3.63) is 24.3 Å². The lowest BCUT2D eigenvalue weighted by atomic mass is 9.90. The monoisotopic (exact) mass is 205 g/mol. The average Bonchev–Trinajstić information content (AvgIpc) is 2.77. The Morgan fingerprint density at radius 1 is 1.47 bits per heavy atom. The van der Waals surface area contributed by atoms with E-state index in [0.717, 1.165) is 19.3 Å². The number of carbonyl (C=O) groups excluding carboxylic acids is 1. The second kappa shape index (κ2) is 4.49. The quantitative estimate of drug-likeness (QED) is 0.748. The van der Waals surface area contributed by atoms with Gasteiger partial charge in [0.2, 0.25) is 0 Å². The summed E-state index contributed by atoms with van der Waals surface area (Å²) < 4.78 is 0. The van der Waals surface area contributed by atoms with Gasteiger partial charge in [0.25, 0.3) is 0 Å². The van der Waals surface area contributed by atoms with Crippen LogP contribution in [0.15, 0.2) is 18.6 Å². The first-order valence-corrected chi connectivity index (χ1v) is 5.33. The smallest absolute Gasteiger partial charge is 0.186 e. The molecule has 0 spiro atoms. The zero-order valence-corrected chi connectivity index (χ0v) is 8.60. The van der Waals surface area contributed by atoms with E-state index in [1.54, 1.807) is 12.4 Å². The van der Waals surface area contributed by atoms with Crippen molar-refractivity contribution in [2.45, 2.75) is 19.3 Å². The minimum atomic E-state index is 0.0618. The Balaban J connectivity index is 2.14. The molecule has 0 radical (unpaired) electrons. The molecule has 0 bridgehead atoms. The van der Waals surface area contributed by atoms with Gasteiger partial charge < -0.3 is 5.73 Å². The van der Waals surface area contributed by atoms with Crippen molar-refractivity contribution >= 4 is 5.78 Å². The molecule has 1 aromatic rings. The van der Waals surface area contributed by atoms with Crippen molar-refractivity contribution in [3.63, 3.8) is 0 Å². The van der Waals surface area contributed by atoms with Gasteiger partial charge in [-0.05, 0) is 25.3 Å². The Labute approximate surface area is 88.9 Å². The molecule has 1 heterocycles. The highest BCUT2D eigenvalue weighted by Crippen LogP contribution is 2.32. The average molecular weight is 205 g/mol. The van der Waals surface area contributed by atoms with Crippen LogP contribution in [0.5, 0.6) is 0 Å². The fraction of sp³-hybridized carbons (Fsp3) is 0.545. The lowest BCUT2D eigenvalue weighted by molar-refractivity contribution is 0.0888. The standard InChI is InChI=1S/C11H15N3O/c12-6-8-2-1-3-9(8)11(15)10-7-13-4-5-14-10/h4-5,7-9H,1-3,6,12H2. The van der Waals surface area contributed by atoms with Crippen molar-refractivity contribution in [1.82, 2.24) is 9.97 Å². The van der Waals surface area contributed by atoms with Crippen LogP contribution in [-0.2, 0) is 0 Å². The molecule has 0 amide bonds. The lowest BCUT2D eigenvalue weighted by Gasteiger charge is -2.15. The molecule has 1 aliphatic carbocycles. The Hall–Kier alpha value is -1.29. The van der Waals surface area contributed by atoms with Gasteiger partial charge >= 0.3 is 0 Å². The number of carbonyl (C=O) groups is 1. The fourth-order valence-corrected chi connectivity index (χ4v) is 2.28. The van der Waals surface area contributed by atoms with Gasteiger partial charge in [-0.15, -0.1) is 0 Å². The Bertz CT molecular complexity index is 339. The largest absolute Gasteiger partial charge is 0.330 e. The molecule has 2 rings (SSSR count). The van der Waals surface area contributed by atoms with Gasteiger partial charge in [0.1, 0.15) is 5.69 Å². The molecule has 80 valence electrons. The molecule has 4 nitrogen and oxygen atoms in total. The highest BCUT2D eigenvalue weighted by Gasteiger charge is 2.32. The Morgan fingerprint density at radius 3 is 3.00 bits per heavy atom. The van der Waals surface area contributed by atoms with Crippen molar-refractivity contribution in [2.75, 3.05) is 6.54 Å². The van der Waals surface area contributed by atoms with Gasteiger partial charge in [-0.25, -0.2) is 4.98 Å². The molecular weight excluding hydrogens is 190 g/mol. The zero-order valence-electron chi connectivity index (χ0n) is 8.60. The topological polar surface area (TPSA) is 68.9 Å². The number of ketones is 1. The van der Waals surface area contributed by atoms with Gasteiger partial charge in [0.05, 0.1) is 6.20 Å². The predicted molar refractivity (Wildman–Crippen MR) is 56.2 cm³/mol. The molecule has 4 heteroatoms. The first kappa shape index (κ1) is 10.2. The van der Waals surface area contributed by atoms with Gasteiger partial charge in [0.15, 0.2) is 5.78 Å². The number of hydrogen-bond acceptors (Lipinski definition) is 4. The summed E-state index contributed by atoms with van der Waals surface area (Å²) in [5, 5.41) is 0.